The van der Waals surface area contributed by atoms with Crippen LogP contribution in [-0.2, 0) is 14.3 Å². The molecular formula is C12H18O3. The Labute approximate surface area is 90.4 Å². The van der Waals surface area contributed by atoms with E-state index in [2.05, 4.69) is 6.58 Å². The molecule has 0 aromatic rings. The average molecular weight is 210 g/mol. The molecule has 0 bridgehead atoms. The minimum absolute atomic E-state index is 0.0503. The molecule has 3 heteroatoms. The van der Waals surface area contributed by atoms with Crippen LogP contribution in [0, 0.1) is 5.92 Å². The molecule has 0 unspecified atom stereocenters. The molecule has 15 heavy (non-hydrogen) atoms. The predicted octanol–water partition coefficient (Wildman–Crippen LogP) is 2.06. The van der Waals surface area contributed by atoms with Gasteiger partial charge < -0.3 is 9.47 Å². The molecule has 0 aromatic carbocycles. The first-order valence-electron chi connectivity index (χ1n) is 5.56. The van der Waals surface area contributed by atoms with Crippen LogP contribution >= 0.6 is 0 Å². The standard InChI is InChI=1S/C12H18O3/c1-9(2)7-10-8-12(4-3-11(10)13)14-5-6-15-12/h10H,1,3-8H2,2H3/t10-/m0/s1. The quantitative estimate of drug-likeness (QED) is 0.654. The van der Waals surface area contributed by atoms with Crippen LogP contribution in [0.4, 0.5) is 0 Å². The number of ether oxygens (including phenoxy) is 2. The van der Waals surface area contributed by atoms with E-state index >= 15 is 0 Å². The topological polar surface area (TPSA) is 35.5 Å². The van der Waals surface area contributed by atoms with E-state index in [1.807, 2.05) is 6.92 Å². The third kappa shape index (κ3) is 2.29. The van der Waals surface area contributed by atoms with Gasteiger partial charge in [0.05, 0.1) is 13.2 Å². The first-order chi connectivity index (χ1) is 7.11. The van der Waals surface area contributed by atoms with Gasteiger partial charge in [0.2, 0.25) is 0 Å². The van der Waals surface area contributed by atoms with Gasteiger partial charge in [-0.15, -0.1) is 6.58 Å². The zero-order chi connectivity index (χ0) is 10.9. The summed E-state index contributed by atoms with van der Waals surface area (Å²) in [7, 11) is 0. The molecule has 2 fully saturated rings. The number of Topliss-reactive ketones (excluding diaryl/α,β-unsaturated/α-hetero) is 1. The first-order valence-corrected chi connectivity index (χ1v) is 5.56. The van der Waals surface area contributed by atoms with Gasteiger partial charge in [0.1, 0.15) is 5.78 Å². The van der Waals surface area contributed by atoms with Crippen molar-refractivity contribution in [2.24, 2.45) is 5.92 Å². The van der Waals surface area contributed by atoms with Crippen molar-refractivity contribution in [3.05, 3.63) is 12.2 Å². The summed E-state index contributed by atoms with van der Waals surface area (Å²) in [5, 5.41) is 0. The van der Waals surface area contributed by atoms with Crippen LogP contribution in [0.25, 0.3) is 0 Å². The number of hydrogen-bond donors (Lipinski definition) is 0. The Hall–Kier alpha value is -0.670. The second-order valence-corrected chi connectivity index (χ2v) is 4.64. The lowest BCUT2D eigenvalue weighted by Gasteiger charge is -2.35. The Bertz CT molecular complexity index is 277. The third-order valence-electron chi connectivity index (χ3n) is 3.17. The van der Waals surface area contributed by atoms with Crippen molar-refractivity contribution in [3.8, 4) is 0 Å². The Morgan fingerprint density at radius 2 is 2.20 bits per heavy atom. The Kier molecular flexibility index (Phi) is 2.94. The maximum absolute atomic E-state index is 11.7. The minimum Gasteiger partial charge on any atom is -0.347 e. The normalized spacial score (nSPS) is 29.7. The number of hydrogen-bond acceptors (Lipinski definition) is 3. The predicted molar refractivity (Wildman–Crippen MR) is 56.4 cm³/mol. The highest BCUT2D eigenvalue weighted by Gasteiger charge is 2.44. The Balaban J connectivity index is 2.03. The van der Waals surface area contributed by atoms with Crippen LogP contribution < -0.4 is 0 Å². The summed E-state index contributed by atoms with van der Waals surface area (Å²) in [6.45, 7) is 7.15. The van der Waals surface area contributed by atoms with E-state index in [-0.39, 0.29) is 5.92 Å². The monoisotopic (exact) mass is 210 g/mol. The minimum atomic E-state index is -0.450. The lowest BCUT2D eigenvalue weighted by Crippen LogP contribution is -2.40. The second-order valence-electron chi connectivity index (χ2n) is 4.64. The molecule has 0 aromatic heterocycles. The summed E-state index contributed by atoms with van der Waals surface area (Å²) in [5.41, 5.74) is 1.06. The van der Waals surface area contributed by atoms with Gasteiger partial charge in [-0.1, -0.05) is 5.57 Å². The fourth-order valence-corrected chi connectivity index (χ4v) is 2.47. The van der Waals surface area contributed by atoms with Gasteiger partial charge in [-0.25, -0.2) is 0 Å². The fourth-order valence-electron chi connectivity index (χ4n) is 2.47. The zero-order valence-electron chi connectivity index (χ0n) is 9.25. The van der Waals surface area contributed by atoms with Gasteiger partial charge >= 0.3 is 0 Å². The smallest absolute Gasteiger partial charge is 0.169 e. The van der Waals surface area contributed by atoms with Crippen molar-refractivity contribution in [1.29, 1.82) is 0 Å². The van der Waals surface area contributed by atoms with Crippen molar-refractivity contribution < 1.29 is 14.3 Å². The van der Waals surface area contributed by atoms with E-state index in [0.29, 0.717) is 31.8 Å². The van der Waals surface area contributed by atoms with Crippen LogP contribution in [0.15, 0.2) is 12.2 Å². The molecule has 1 saturated heterocycles. The number of allylic oxidation sites excluding steroid dienone is 1. The summed E-state index contributed by atoms with van der Waals surface area (Å²) in [6, 6.07) is 0. The Morgan fingerprint density at radius 1 is 1.53 bits per heavy atom. The molecule has 1 aliphatic carbocycles. The molecule has 1 saturated carbocycles. The molecule has 1 atom stereocenters. The van der Waals surface area contributed by atoms with Gasteiger partial charge in [0.25, 0.3) is 0 Å². The molecule has 2 aliphatic rings. The Morgan fingerprint density at radius 3 is 2.80 bits per heavy atom. The van der Waals surface area contributed by atoms with E-state index in [1.165, 1.54) is 0 Å². The third-order valence-corrected chi connectivity index (χ3v) is 3.17. The lowest BCUT2D eigenvalue weighted by atomic mass is 9.80. The number of carbonyl (C=O) groups excluding carboxylic acids is 1. The van der Waals surface area contributed by atoms with Crippen molar-refractivity contribution in [1.82, 2.24) is 0 Å². The number of carbonyl (C=O) groups is 1. The van der Waals surface area contributed by atoms with Crippen LogP contribution in [0.5, 0.6) is 0 Å². The molecule has 1 heterocycles. The molecule has 2 rings (SSSR count). The zero-order valence-corrected chi connectivity index (χ0v) is 9.25. The van der Waals surface area contributed by atoms with Crippen LogP contribution in [0.2, 0.25) is 0 Å². The van der Waals surface area contributed by atoms with E-state index in [0.717, 1.165) is 18.4 Å². The second kappa shape index (κ2) is 4.06. The first kappa shape index (κ1) is 10.8. The van der Waals surface area contributed by atoms with Crippen LogP contribution in [0.1, 0.15) is 32.6 Å². The van der Waals surface area contributed by atoms with Gasteiger partial charge in [0.15, 0.2) is 5.79 Å². The summed E-state index contributed by atoms with van der Waals surface area (Å²) >= 11 is 0. The molecular weight excluding hydrogens is 192 g/mol. The molecule has 84 valence electrons. The van der Waals surface area contributed by atoms with E-state index in [4.69, 9.17) is 9.47 Å². The van der Waals surface area contributed by atoms with Gasteiger partial charge in [-0.2, -0.15) is 0 Å². The molecule has 0 radical (unpaired) electrons. The van der Waals surface area contributed by atoms with Crippen LogP contribution in [-0.4, -0.2) is 24.8 Å². The van der Waals surface area contributed by atoms with Crippen LogP contribution in [0.3, 0.4) is 0 Å². The largest absolute Gasteiger partial charge is 0.347 e. The number of rotatable bonds is 2. The van der Waals surface area contributed by atoms with E-state index < -0.39 is 5.79 Å². The summed E-state index contributed by atoms with van der Waals surface area (Å²) in [6.07, 6.45) is 2.78. The molecule has 1 aliphatic heterocycles. The SMILES string of the molecule is C=C(C)C[C@H]1CC2(CCC1=O)OCCO2. The fraction of sp³-hybridized carbons (Fsp3) is 0.750. The van der Waals surface area contributed by atoms with Crippen molar-refractivity contribution in [2.45, 2.75) is 38.4 Å². The number of ketones is 1. The highest BCUT2D eigenvalue weighted by atomic mass is 16.7. The molecule has 0 amide bonds. The van der Waals surface area contributed by atoms with Gasteiger partial charge in [0, 0.05) is 25.2 Å². The highest BCUT2D eigenvalue weighted by molar-refractivity contribution is 5.82. The maximum atomic E-state index is 11.7. The summed E-state index contributed by atoms with van der Waals surface area (Å²) < 4.78 is 11.3. The lowest BCUT2D eigenvalue weighted by molar-refractivity contribution is -0.189. The van der Waals surface area contributed by atoms with Crippen molar-refractivity contribution >= 4 is 5.78 Å². The van der Waals surface area contributed by atoms with Crippen molar-refractivity contribution in [2.75, 3.05) is 13.2 Å². The van der Waals surface area contributed by atoms with E-state index in [1.54, 1.807) is 0 Å². The summed E-state index contributed by atoms with van der Waals surface area (Å²) in [4.78, 5) is 11.7. The molecule has 0 N–H and O–H groups in total. The highest BCUT2D eigenvalue weighted by Crippen LogP contribution is 2.39. The molecule has 3 nitrogen and oxygen atoms in total. The van der Waals surface area contributed by atoms with Gasteiger partial charge in [-0.3, -0.25) is 4.79 Å². The summed E-state index contributed by atoms with van der Waals surface area (Å²) in [5.74, 6) is -0.0642. The van der Waals surface area contributed by atoms with E-state index in [9.17, 15) is 4.79 Å². The van der Waals surface area contributed by atoms with Gasteiger partial charge in [-0.05, 0) is 13.3 Å². The van der Waals surface area contributed by atoms with Crippen molar-refractivity contribution in [3.63, 3.8) is 0 Å². The average Bonchev–Trinajstić information content (AvgIpc) is 2.60. The maximum Gasteiger partial charge on any atom is 0.169 e. The molecule has 1 spiro atoms.